The number of hydrogen-bond donors (Lipinski definition) is 0. The number of furan rings is 1. The molecular formula is C36H22N2O. The normalized spacial score (nSPS) is 11.6. The van der Waals surface area contributed by atoms with E-state index in [4.69, 9.17) is 14.4 Å². The first-order valence-corrected chi connectivity index (χ1v) is 13.1. The average molecular weight is 499 g/mol. The Kier molecular flexibility index (Phi) is 4.82. The van der Waals surface area contributed by atoms with E-state index in [0.29, 0.717) is 5.82 Å². The van der Waals surface area contributed by atoms with Crippen LogP contribution in [0.2, 0.25) is 0 Å². The molecule has 0 fully saturated rings. The van der Waals surface area contributed by atoms with Crippen molar-refractivity contribution in [2.75, 3.05) is 0 Å². The van der Waals surface area contributed by atoms with Gasteiger partial charge in [0.15, 0.2) is 5.82 Å². The maximum Gasteiger partial charge on any atom is 0.160 e. The highest BCUT2D eigenvalue weighted by molar-refractivity contribution is 6.19. The molecule has 0 aliphatic rings. The Balaban J connectivity index is 1.38. The SMILES string of the molecule is c1ccc(-c2ccc(-c3nc(-c4cccc5ccc6c7ccccc7oc6c45)c4ccccc4n3)cc2)cc1. The summed E-state index contributed by atoms with van der Waals surface area (Å²) < 4.78 is 6.47. The lowest BCUT2D eigenvalue weighted by atomic mass is 9.97. The van der Waals surface area contributed by atoms with Gasteiger partial charge >= 0.3 is 0 Å². The zero-order valence-corrected chi connectivity index (χ0v) is 21.0. The lowest BCUT2D eigenvalue weighted by Crippen LogP contribution is -1.96. The minimum Gasteiger partial charge on any atom is -0.455 e. The quantitative estimate of drug-likeness (QED) is 0.243. The minimum atomic E-state index is 0.706. The topological polar surface area (TPSA) is 38.9 Å². The van der Waals surface area contributed by atoms with Crippen molar-refractivity contribution < 1.29 is 4.42 Å². The predicted molar refractivity (Wildman–Crippen MR) is 161 cm³/mol. The molecule has 0 aliphatic carbocycles. The van der Waals surface area contributed by atoms with Gasteiger partial charge in [-0.1, -0.05) is 115 Å². The highest BCUT2D eigenvalue weighted by Gasteiger charge is 2.18. The van der Waals surface area contributed by atoms with Gasteiger partial charge in [-0.3, -0.25) is 0 Å². The van der Waals surface area contributed by atoms with Crippen molar-refractivity contribution in [2.45, 2.75) is 0 Å². The van der Waals surface area contributed by atoms with Gasteiger partial charge in [0.05, 0.1) is 11.2 Å². The van der Waals surface area contributed by atoms with Crippen molar-refractivity contribution in [1.82, 2.24) is 9.97 Å². The van der Waals surface area contributed by atoms with E-state index in [0.717, 1.165) is 60.4 Å². The standard InChI is InChI=1S/C36H22N2O/c1-2-9-23(10-3-1)24-17-19-26(20-18-24)36-37-31-15-6-4-13-29(31)34(38-36)30-14-8-11-25-21-22-28-27-12-5-7-16-32(27)39-35(28)33(25)30/h1-22H. The van der Waals surface area contributed by atoms with Gasteiger partial charge in [-0.2, -0.15) is 0 Å². The van der Waals surface area contributed by atoms with E-state index in [1.54, 1.807) is 0 Å². The van der Waals surface area contributed by atoms with Crippen LogP contribution in [0.3, 0.4) is 0 Å². The molecule has 0 bridgehead atoms. The second-order valence-electron chi connectivity index (χ2n) is 9.80. The lowest BCUT2D eigenvalue weighted by molar-refractivity contribution is 0.673. The largest absolute Gasteiger partial charge is 0.455 e. The minimum absolute atomic E-state index is 0.706. The summed E-state index contributed by atoms with van der Waals surface area (Å²) in [5.41, 5.74) is 7.98. The average Bonchev–Trinajstić information content (AvgIpc) is 3.40. The van der Waals surface area contributed by atoms with Crippen molar-refractivity contribution >= 4 is 43.6 Å². The fourth-order valence-electron chi connectivity index (χ4n) is 5.60. The third-order valence-electron chi connectivity index (χ3n) is 7.50. The number of fused-ring (bicyclic) bond motifs is 6. The lowest BCUT2D eigenvalue weighted by Gasteiger charge is -2.12. The fraction of sp³-hybridized carbons (Fsp3) is 0. The number of aromatic nitrogens is 2. The Morgan fingerprint density at radius 3 is 2.05 bits per heavy atom. The van der Waals surface area contributed by atoms with Gasteiger partial charge in [0.1, 0.15) is 11.2 Å². The van der Waals surface area contributed by atoms with E-state index in [1.165, 1.54) is 11.1 Å². The van der Waals surface area contributed by atoms with E-state index in [-0.39, 0.29) is 0 Å². The molecule has 0 amide bonds. The van der Waals surface area contributed by atoms with Crippen molar-refractivity contribution in [2.24, 2.45) is 0 Å². The molecular weight excluding hydrogens is 476 g/mol. The molecule has 0 N–H and O–H groups in total. The van der Waals surface area contributed by atoms with E-state index in [9.17, 15) is 0 Å². The summed E-state index contributed by atoms with van der Waals surface area (Å²) in [7, 11) is 0. The molecule has 39 heavy (non-hydrogen) atoms. The Labute approximate surface area is 225 Å². The number of benzene rings is 6. The molecule has 8 rings (SSSR count). The van der Waals surface area contributed by atoms with Crippen LogP contribution in [-0.2, 0) is 0 Å². The van der Waals surface area contributed by atoms with Gasteiger partial charge < -0.3 is 4.42 Å². The van der Waals surface area contributed by atoms with Gasteiger partial charge in [0.25, 0.3) is 0 Å². The van der Waals surface area contributed by atoms with Crippen molar-refractivity contribution in [3.63, 3.8) is 0 Å². The summed E-state index contributed by atoms with van der Waals surface area (Å²) in [5.74, 6) is 0.706. The van der Waals surface area contributed by atoms with Crippen molar-refractivity contribution in [3.05, 3.63) is 133 Å². The molecule has 182 valence electrons. The maximum absolute atomic E-state index is 6.47. The van der Waals surface area contributed by atoms with Crippen LogP contribution in [-0.4, -0.2) is 9.97 Å². The highest BCUT2D eigenvalue weighted by atomic mass is 16.3. The molecule has 3 heteroatoms. The van der Waals surface area contributed by atoms with E-state index in [2.05, 4.69) is 103 Å². The van der Waals surface area contributed by atoms with Crippen molar-refractivity contribution in [1.29, 1.82) is 0 Å². The predicted octanol–water partition coefficient (Wildman–Crippen LogP) is 9.68. The molecule has 0 radical (unpaired) electrons. The third kappa shape index (κ3) is 3.52. The monoisotopic (exact) mass is 498 g/mol. The van der Waals surface area contributed by atoms with Crippen LogP contribution in [0.5, 0.6) is 0 Å². The summed E-state index contributed by atoms with van der Waals surface area (Å²) in [6.07, 6.45) is 0. The Morgan fingerprint density at radius 1 is 0.462 bits per heavy atom. The summed E-state index contributed by atoms with van der Waals surface area (Å²) in [6.45, 7) is 0. The first-order valence-electron chi connectivity index (χ1n) is 13.1. The number of para-hydroxylation sites is 2. The molecule has 6 aromatic carbocycles. The molecule has 3 nitrogen and oxygen atoms in total. The molecule has 2 heterocycles. The van der Waals surface area contributed by atoms with Gasteiger partial charge in [-0.25, -0.2) is 9.97 Å². The van der Waals surface area contributed by atoms with Crippen LogP contribution in [0.15, 0.2) is 138 Å². The summed E-state index contributed by atoms with van der Waals surface area (Å²) in [6, 6.07) is 46.1. The molecule has 0 atom stereocenters. The van der Waals surface area contributed by atoms with Crippen LogP contribution in [0.25, 0.3) is 77.4 Å². The molecule has 0 saturated heterocycles. The van der Waals surface area contributed by atoms with Gasteiger partial charge in [0.2, 0.25) is 0 Å². The summed E-state index contributed by atoms with van der Waals surface area (Å²) in [4.78, 5) is 10.2. The first kappa shape index (κ1) is 21.8. The molecule has 0 unspecified atom stereocenters. The van der Waals surface area contributed by atoms with E-state index in [1.807, 2.05) is 30.3 Å². The van der Waals surface area contributed by atoms with Crippen molar-refractivity contribution in [3.8, 4) is 33.8 Å². The van der Waals surface area contributed by atoms with E-state index < -0.39 is 0 Å². The first-order chi connectivity index (χ1) is 19.3. The molecule has 2 aromatic heterocycles. The Morgan fingerprint density at radius 2 is 1.18 bits per heavy atom. The van der Waals surface area contributed by atoms with Crippen LogP contribution in [0.4, 0.5) is 0 Å². The van der Waals surface area contributed by atoms with Gasteiger partial charge in [-0.05, 0) is 34.7 Å². The summed E-state index contributed by atoms with van der Waals surface area (Å²) in [5, 5.41) is 5.44. The van der Waals surface area contributed by atoms with Crippen LogP contribution in [0, 0.1) is 0 Å². The van der Waals surface area contributed by atoms with Crippen LogP contribution >= 0.6 is 0 Å². The smallest absolute Gasteiger partial charge is 0.160 e. The second-order valence-corrected chi connectivity index (χ2v) is 9.80. The van der Waals surface area contributed by atoms with Gasteiger partial charge in [0, 0.05) is 32.7 Å². The number of rotatable bonds is 3. The molecule has 0 saturated carbocycles. The second kappa shape index (κ2) is 8.64. The zero-order chi connectivity index (χ0) is 25.8. The Bertz CT molecular complexity index is 2160. The number of nitrogens with zero attached hydrogens (tertiary/aromatic N) is 2. The zero-order valence-electron chi connectivity index (χ0n) is 21.0. The van der Waals surface area contributed by atoms with Gasteiger partial charge in [-0.15, -0.1) is 0 Å². The van der Waals surface area contributed by atoms with Crippen LogP contribution in [0.1, 0.15) is 0 Å². The molecule has 8 aromatic rings. The summed E-state index contributed by atoms with van der Waals surface area (Å²) >= 11 is 0. The highest BCUT2D eigenvalue weighted by Crippen LogP contribution is 2.40. The van der Waals surface area contributed by atoms with E-state index >= 15 is 0 Å². The maximum atomic E-state index is 6.47. The third-order valence-corrected chi connectivity index (χ3v) is 7.50. The fourth-order valence-corrected chi connectivity index (χ4v) is 5.60. The molecule has 0 aliphatic heterocycles. The molecule has 0 spiro atoms. The van der Waals surface area contributed by atoms with Crippen LogP contribution < -0.4 is 0 Å². The number of hydrogen-bond acceptors (Lipinski definition) is 3. The Hall–Kier alpha value is -5.28.